The van der Waals surface area contributed by atoms with Crippen LogP contribution < -0.4 is 0 Å². The summed E-state index contributed by atoms with van der Waals surface area (Å²) in [7, 11) is 1.46. The Balaban J connectivity index is 2.34. The van der Waals surface area contributed by atoms with Crippen molar-refractivity contribution in [1.82, 2.24) is 0 Å². The lowest BCUT2D eigenvalue weighted by molar-refractivity contribution is 0.884. The molecule has 0 saturated carbocycles. The van der Waals surface area contributed by atoms with Gasteiger partial charge in [0, 0.05) is 0 Å². The van der Waals surface area contributed by atoms with Crippen molar-refractivity contribution in [3.63, 3.8) is 0 Å². The van der Waals surface area contributed by atoms with Gasteiger partial charge < -0.3 is 0 Å². The molecule has 0 aromatic rings. The number of rotatable bonds is 3. The van der Waals surface area contributed by atoms with E-state index >= 15 is 0 Å². The zero-order valence-electron chi connectivity index (χ0n) is 4.70. The van der Waals surface area contributed by atoms with Crippen molar-refractivity contribution in [3.05, 3.63) is 0 Å². The molecule has 0 amide bonds. The molecule has 0 fully saturated rings. The second kappa shape index (κ2) is 4.06. The van der Waals surface area contributed by atoms with Crippen LogP contribution >= 0.6 is 0 Å². The highest BCUT2D eigenvalue weighted by Gasteiger charge is 1.68. The smallest absolute Gasteiger partial charge is 0.0846 e. The van der Waals surface area contributed by atoms with Crippen molar-refractivity contribution in [2.24, 2.45) is 0 Å². The van der Waals surface area contributed by atoms with Gasteiger partial charge in [-0.05, 0) is 1.34 Å². The minimum absolute atomic E-state index is 0.955. The largest absolute Gasteiger partial charge is 0.0865 e. The summed E-state index contributed by atoms with van der Waals surface area (Å²) >= 11 is 0. The van der Waals surface area contributed by atoms with Gasteiger partial charge in [-0.25, -0.2) is 0 Å². The molecular weight excluding hydrogens is 58.9 g/mol. The summed E-state index contributed by atoms with van der Waals surface area (Å²) in [4.78, 5) is 0. The summed E-state index contributed by atoms with van der Waals surface area (Å²) in [6.45, 7) is 2.13. The number of hydrogen-bond acceptors (Lipinski definition) is 0. The summed E-state index contributed by atoms with van der Waals surface area (Å²) in [6.07, 6.45) is 3.33. The Morgan fingerprint density at radius 2 is 2.80 bits per heavy atom. The predicted molar refractivity (Wildman–Crippen MR) is 26.9 cm³/mol. The Labute approximate surface area is 36.3 Å². The molecule has 0 aliphatic carbocycles. The molecule has 0 atom stereocenters. The van der Waals surface area contributed by atoms with Gasteiger partial charge in [-0.2, -0.15) is 0 Å². The molecule has 0 bridgehead atoms. The third-order valence-electron chi connectivity index (χ3n) is 0.558. The van der Waals surface area contributed by atoms with E-state index in [4.69, 9.17) is 1.34 Å². The van der Waals surface area contributed by atoms with Crippen LogP contribution in [0.25, 0.3) is 0 Å². The van der Waals surface area contributed by atoms with Crippen LogP contribution in [0.3, 0.4) is 0 Å². The quantitative estimate of drug-likeness (QED) is 0.345. The maximum atomic E-state index is 6.58. The second-order valence-corrected chi connectivity index (χ2v) is 1.14. The summed E-state index contributed by atoms with van der Waals surface area (Å²) in [5.74, 6) is 0. The van der Waals surface area contributed by atoms with Gasteiger partial charge >= 0.3 is 0 Å². The van der Waals surface area contributed by atoms with Crippen molar-refractivity contribution in [1.29, 1.82) is 1.34 Å². The van der Waals surface area contributed by atoms with Crippen LogP contribution in [0.4, 0.5) is 0 Å². The molecule has 0 saturated heterocycles. The van der Waals surface area contributed by atoms with Gasteiger partial charge in [-0.1, -0.05) is 26.1 Å². The van der Waals surface area contributed by atoms with Crippen LogP contribution in [0.2, 0.25) is 6.32 Å². The van der Waals surface area contributed by atoms with Gasteiger partial charge in [0.15, 0.2) is 0 Å². The molecule has 0 aliphatic rings. The fourth-order valence-corrected chi connectivity index (χ4v) is 0.204. The van der Waals surface area contributed by atoms with Crippen molar-refractivity contribution < 1.29 is 0 Å². The lowest BCUT2D eigenvalue weighted by Gasteiger charge is -1.79. The van der Waals surface area contributed by atoms with Crippen LogP contribution in [-0.4, -0.2) is 9.15 Å². The minimum atomic E-state index is 0.955. The topological polar surface area (TPSA) is 0 Å². The highest BCUT2D eigenvalue weighted by atomic mass is 13.7. The average molecular weight is 70.9 g/mol. The third-order valence-corrected chi connectivity index (χ3v) is 0.558. The molecule has 29 valence electrons. The Morgan fingerprint density at radius 3 is 3.00 bits per heavy atom. The molecule has 5 heavy (non-hydrogen) atoms. The number of hydrogen-bond donors (Lipinski definition) is 0. The Kier molecular flexibility index (Phi) is 2.65. The Hall–Kier alpha value is 0.0649. The molecule has 0 unspecified atom stereocenters. The summed E-state index contributed by atoms with van der Waals surface area (Å²) in [5.41, 5.74) is 0. The normalized spacial score (nSPS) is 10.2. The lowest BCUT2D eigenvalue weighted by Crippen LogP contribution is -1.63. The monoisotopic (exact) mass is 71.1 g/mol. The highest BCUT2D eigenvalue weighted by molar-refractivity contribution is 6.08. The maximum Gasteiger partial charge on any atom is 0.0865 e. The SMILES string of the molecule is [3H][B]CCCC. The Morgan fingerprint density at radius 1 is 2.00 bits per heavy atom. The zero-order chi connectivity index (χ0) is 4.83. The molecule has 0 aromatic carbocycles. The minimum Gasteiger partial charge on any atom is -0.0846 e. The van der Waals surface area contributed by atoms with E-state index in [9.17, 15) is 0 Å². The van der Waals surface area contributed by atoms with Gasteiger partial charge in [0.25, 0.3) is 0 Å². The molecular formula is C4H10B. The van der Waals surface area contributed by atoms with E-state index in [-0.39, 0.29) is 0 Å². The van der Waals surface area contributed by atoms with E-state index in [0.717, 1.165) is 6.32 Å². The fraction of sp³-hybridized carbons (Fsp3) is 1.00. The van der Waals surface area contributed by atoms with Crippen molar-refractivity contribution in [2.45, 2.75) is 26.1 Å². The van der Waals surface area contributed by atoms with E-state index in [2.05, 4.69) is 6.92 Å². The van der Waals surface area contributed by atoms with Crippen LogP contribution in [0.1, 0.15) is 19.8 Å². The molecule has 0 aromatic heterocycles. The van der Waals surface area contributed by atoms with Crippen molar-refractivity contribution in [3.8, 4) is 0 Å². The van der Waals surface area contributed by atoms with Gasteiger partial charge in [-0.3, -0.25) is 0 Å². The van der Waals surface area contributed by atoms with Crippen LogP contribution in [0, 0.1) is 0 Å². The van der Waals surface area contributed by atoms with Crippen LogP contribution in [0.15, 0.2) is 0 Å². The first-order chi connectivity index (χ1) is 2.91. The molecule has 0 heterocycles. The molecule has 0 rings (SSSR count). The van der Waals surface area contributed by atoms with Gasteiger partial charge in [-0.15, -0.1) is 0 Å². The molecule has 0 aliphatic heterocycles. The highest BCUT2D eigenvalue weighted by Crippen LogP contribution is 1.86. The zero-order valence-corrected chi connectivity index (χ0v) is 3.70. The first-order valence-electron chi connectivity index (χ1n) is 2.69. The fourth-order valence-electron chi connectivity index (χ4n) is 0.204. The van der Waals surface area contributed by atoms with E-state index in [1.807, 2.05) is 0 Å². The second-order valence-electron chi connectivity index (χ2n) is 1.14. The van der Waals surface area contributed by atoms with E-state index in [0.29, 0.717) is 0 Å². The standard InChI is InChI=1S/C4H10B/c1-2-3-4-5/h5H,2-4H2,1H3/i5T. The third kappa shape index (κ3) is 4.06. The Bertz CT molecular complexity index is 19.5. The van der Waals surface area contributed by atoms with Gasteiger partial charge in [0.05, 0.1) is 7.81 Å². The van der Waals surface area contributed by atoms with Crippen LogP contribution in [-0.2, 0) is 0 Å². The van der Waals surface area contributed by atoms with Crippen LogP contribution in [0.5, 0.6) is 0 Å². The van der Waals surface area contributed by atoms with E-state index in [1.54, 1.807) is 0 Å². The van der Waals surface area contributed by atoms with Gasteiger partial charge in [0.1, 0.15) is 0 Å². The lowest BCUT2D eigenvalue weighted by atomic mass is 10.0. The molecule has 0 spiro atoms. The predicted octanol–water partition coefficient (Wildman–Crippen LogP) is 1.11. The first-order valence-corrected chi connectivity index (χ1v) is 2.12. The maximum absolute atomic E-state index is 6.58. The molecule has 0 N–H and O–H groups in total. The molecule has 1 radical (unpaired) electrons. The van der Waals surface area contributed by atoms with E-state index < -0.39 is 0 Å². The van der Waals surface area contributed by atoms with Gasteiger partial charge in [0.2, 0.25) is 0 Å². The summed E-state index contributed by atoms with van der Waals surface area (Å²) in [5, 5.41) is 0. The number of unbranched alkanes of at least 4 members (excludes halogenated alkanes) is 1. The average Bonchev–Trinajstić information content (AvgIpc) is 1.61. The first kappa shape index (κ1) is 3.26. The van der Waals surface area contributed by atoms with Crippen molar-refractivity contribution in [2.75, 3.05) is 0 Å². The molecule has 0 nitrogen and oxygen atoms in total. The molecule has 1 heteroatoms. The van der Waals surface area contributed by atoms with Crippen molar-refractivity contribution >= 4 is 7.81 Å². The van der Waals surface area contributed by atoms with E-state index in [1.165, 1.54) is 20.7 Å². The summed E-state index contributed by atoms with van der Waals surface area (Å²) < 4.78 is 6.58. The summed E-state index contributed by atoms with van der Waals surface area (Å²) in [6, 6.07) is 0.